The number of hydrogen-bond donors (Lipinski definition) is 1. The number of rotatable bonds is 6. The molecule has 5 heteroatoms. The molecule has 0 radical (unpaired) electrons. The molecule has 2 aromatic rings. The first-order valence-corrected chi connectivity index (χ1v) is 8.27. The lowest BCUT2D eigenvalue weighted by atomic mass is 10.1. The number of amides is 1. The molecule has 24 heavy (non-hydrogen) atoms. The second-order valence-corrected chi connectivity index (χ2v) is 5.89. The van der Waals surface area contributed by atoms with Crippen LogP contribution in [0.15, 0.2) is 36.5 Å². The third-order valence-electron chi connectivity index (χ3n) is 4.04. The fourth-order valence-corrected chi connectivity index (χ4v) is 2.69. The highest BCUT2D eigenvalue weighted by atomic mass is 16.1. The first kappa shape index (κ1) is 17.8. The van der Waals surface area contributed by atoms with Gasteiger partial charge in [0.1, 0.15) is 5.82 Å². The minimum Gasteiger partial charge on any atom is -0.372 e. The van der Waals surface area contributed by atoms with Crippen molar-refractivity contribution in [3.8, 4) is 0 Å². The number of hydrogen-bond acceptors (Lipinski definition) is 4. The maximum absolute atomic E-state index is 12.6. The summed E-state index contributed by atoms with van der Waals surface area (Å²) in [5.74, 6) is 0.512. The van der Waals surface area contributed by atoms with Crippen molar-refractivity contribution in [3.05, 3.63) is 47.7 Å². The first-order chi connectivity index (χ1) is 11.5. The van der Waals surface area contributed by atoms with Crippen LogP contribution in [0.1, 0.15) is 29.8 Å². The molecule has 1 amide bonds. The maximum atomic E-state index is 12.6. The van der Waals surface area contributed by atoms with Crippen molar-refractivity contribution in [2.24, 2.45) is 0 Å². The molecule has 0 saturated carbocycles. The van der Waals surface area contributed by atoms with Crippen molar-refractivity contribution < 1.29 is 4.79 Å². The average molecular weight is 326 g/mol. The Morgan fingerprint density at radius 1 is 1.17 bits per heavy atom. The Bertz CT molecular complexity index is 708. The Morgan fingerprint density at radius 2 is 1.88 bits per heavy atom. The minimum absolute atomic E-state index is 0.148. The molecule has 0 unspecified atom stereocenters. The number of nitrogens with one attached hydrogen (secondary N) is 1. The molecule has 1 aromatic carbocycles. The summed E-state index contributed by atoms with van der Waals surface area (Å²) in [7, 11) is 3.76. The smallest absolute Gasteiger partial charge is 0.259 e. The van der Waals surface area contributed by atoms with E-state index in [0.717, 1.165) is 24.3 Å². The van der Waals surface area contributed by atoms with E-state index in [9.17, 15) is 4.79 Å². The van der Waals surface area contributed by atoms with Crippen molar-refractivity contribution in [2.75, 3.05) is 42.3 Å². The molecule has 128 valence electrons. The zero-order valence-electron chi connectivity index (χ0n) is 15.1. The van der Waals surface area contributed by atoms with E-state index in [0.29, 0.717) is 11.4 Å². The van der Waals surface area contributed by atoms with E-state index in [4.69, 9.17) is 0 Å². The highest BCUT2D eigenvalue weighted by Crippen LogP contribution is 2.24. The van der Waals surface area contributed by atoms with Gasteiger partial charge in [0.25, 0.3) is 5.91 Å². The Hall–Kier alpha value is -2.56. The van der Waals surface area contributed by atoms with Crippen LogP contribution in [0.3, 0.4) is 0 Å². The van der Waals surface area contributed by atoms with Gasteiger partial charge in [-0.1, -0.05) is 0 Å². The van der Waals surface area contributed by atoms with Crippen molar-refractivity contribution in [1.82, 2.24) is 4.98 Å². The fourth-order valence-electron chi connectivity index (χ4n) is 2.69. The van der Waals surface area contributed by atoms with E-state index in [-0.39, 0.29) is 5.91 Å². The van der Waals surface area contributed by atoms with E-state index in [1.54, 1.807) is 18.3 Å². The zero-order valence-corrected chi connectivity index (χ0v) is 15.1. The maximum Gasteiger partial charge on any atom is 0.259 e. The average Bonchev–Trinajstić information content (AvgIpc) is 2.58. The number of aryl methyl sites for hydroxylation is 1. The van der Waals surface area contributed by atoms with Crippen LogP contribution >= 0.6 is 0 Å². The second kappa shape index (κ2) is 7.81. The molecule has 5 nitrogen and oxygen atoms in total. The van der Waals surface area contributed by atoms with Gasteiger partial charge in [0, 0.05) is 44.8 Å². The van der Waals surface area contributed by atoms with Crippen LogP contribution in [-0.4, -0.2) is 38.1 Å². The summed E-state index contributed by atoms with van der Waals surface area (Å²) in [6, 6.07) is 9.69. The number of benzene rings is 1. The molecule has 1 aromatic heterocycles. The van der Waals surface area contributed by atoms with Gasteiger partial charge < -0.3 is 15.1 Å². The molecule has 0 bridgehead atoms. The van der Waals surface area contributed by atoms with Gasteiger partial charge in [-0.05, 0) is 56.7 Å². The van der Waals surface area contributed by atoms with Crippen LogP contribution in [0.25, 0.3) is 0 Å². The molecule has 0 aliphatic heterocycles. The Morgan fingerprint density at radius 3 is 2.46 bits per heavy atom. The van der Waals surface area contributed by atoms with Gasteiger partial charge in [0.2, 0.25) is 0 Å². The highest BCUT2D eigenvalue weighted by molar-refractivity contribution is 6.07. The Kier molecular flexibility index (Phi) is 5.79. The van der Waals surface area contributed by atoms with Crippen LogP contribution < -0.4 is 15.1 Å². The number of carbonyl (C=O) groups excluding carboxylic acids is 1. The Labute approximate surface area is 144 Å². The van der Waals surface area contributed by atoms with Gasteiger partial charge in [0.15, 0.2) is 0 Å². The molecule has 0 saturated heterocycles. The van der Waals surface area contributed by atoms with Gasteiger partial charge in [-0.2, -0.15) is 0 Å². The number of anilines is 3. The summed E-state index contributed by atoms with van der Waals surface area (Å²) in [6.07, 6.45) is 1.69. The summed E-state index contributed by atoms with van der Waals surface area (Å²) >= 11 is 0. The molecule has 2 rings (SSSR count). The van der Waals surface area contributed by atoms with Crippen molar-refractivity contribution in [3.63, 3.8) is 0 Å². The number of pyridine rings is 1. The predicted octanol–water partition coefficient (Wildman–Crippen LogP) is 3.55. The van der Waals surface area contributed by atoms with Crippen molar-refractivity contribution in [2.45, 2.75) is 20.8 Å². The standard InChI is InChI=1S/C19H26N4O/c1-6-23(7-2)15-10-11-17(14(3)13-15)21-19(24)16-9-8-12-20-18(16)22(4)5/h8-13H,6-7H2,1-5H3,(H,21,24). The van der Waals surface area contributed by atoms with Gasteiger partial charge in [-0.3, -0.25) is 4.79 Å². The molecule has 0 spiro atoms. The van der Waals surface area contributed by atoms with E-state index < -0.39 is 0 Å². The highest BCUT2D eigenvalue weighted by Gasteiger charge is 2.15. The van der Waals surface area contributed by atoms with E-state index in [1.165, 1.54) is 5.69 Å². The van der Waals surface area contributed by atoms with Gasteiger partial charge in [0.05, 0.1) is 5.56 Å². The monoisotopic (exact) mass is 326 g/mol. The summed E-state index contributed by atoms with van der Waals surface area (Å²) in [4.78, 5) is 21.0. The number of nitrogens with zero attached hydrogens (tertiary/aromatic N) is 3. The molecule has 1 heterocycles. The van der Waals surface area contributed by atoms with Gasteiger partial charge >= 0.3 is 0 Å². The number of aromatic nitrogens is 1. The quantitative estimate of drug-likeness (QED) is 0.882. The molecule has 0 aliphatic carbocycles. The lowest BCUT2D eigenvalue weighted by Crippen LogP contribution is -2.22. The molecule has 0 fully saturated rings. The zero-order chi connectivity index (χ0) is 17.7. The summed E-state index contributed by atoms with van der Waals surface area (Å²) < 4.78 is 0. The Balaban J connectivity index is 2.24. The van der Waals surface area contributed by atoms with Crippen LogP contribution in [0.5, 0.6) is 0 Å². The lowest BCUT2D eigenvalue weighted by Gasteiger charge is -2.22. The molecule has 0 aliphatic rings. The minimum atomic E-state index is -0.148. The first-order valence-electron chi connectivity index (χ1n) is 8.27. The van der Waals surface area contributed by atoms with E-state index in [2.05, 4.69) is 35.1 Å². The van der Waals surface area contributed by atoms with Crippen LogP contribution in [0.2, 0.25) is 0 Å². The normalized spacial score (nSPS) is 10.4. The van der Waals surface area contributed by atoms with Crippen LogP contribution in [0.4, 0.5) is 17.2 Å². The molecular weight excluding hydrogens is 300 g/mol. The van der Waals surface area contributed by atoms with E-state index >= 15 is 0 Å². The van der Waals surface area contributed by atoms with Crippen molar-refractivity contribution in [1.29, 1.82) is 0 Å². The van der Waals surface area contributed by atoms with Crippen LogP contribution in [0, 0.1) is 6.92 Å². The van der Waals surface area contributed by atoms with Crippen LogP contribution in [-0.2, 0) is 0 Å². The van der Waals surface area contributed by atoms with Gasteiger partial charge in [-0.25, -0.2) is 4.98 Å². The number of carbonyl (C=O) groups is 1. The lowest BCUT2D eigenvalue weighted by molar-refractivity contribution is 0.102. The predicted molar refractivity (Wildman–Crippen MR) is 101 cm³/mol. The summed E-state index contributed by atoms with van der Waals surface area (Å²) in [5.41, 5.74) is 3.60. The molecular formula is C19H26N4O. The fraction of sp³-hybridized carbons (Fsp3) is 0.368. The second-order valence-electron chi connectivity index (χ2n) is 5.89. The molecule has 1 N–H and O–H groups in total. The third kappa shape index (κ3) is 3.85. The van der Waals surface area contributed by atoms with Crippen molar-refractivity contribution >= 4 is 23.1 Å². The largest absolute Gasteiger partial charge is 0.372 e. The van der Waals surface area contributed by atoms with E-state index in [1.807, 2.05) is 38.1 Å². The SMILES string of the molecule is CCN(CC)c1ccc(NC(=O)c2cccnc2N(C)C)c(C)c1. The topological polar surface area (TPSA) is 48.5 Å². The summed E-state index contributed by atoms with van der Waals surface area (Å²) in [6.45, 7) is 8.21. The molecule has 0 atom stereocenters. The third-order valence-corrected chi connectivity index (χ3v) is 4.04. The van der Waals surface area contributed by atoms with Gasteiger partial charge in [-0.15, -0.1) is 0 Å². The summed E-state index contributed by atoms with van der Waals surface area (Å²) in [5, 5.41) is 3.00.